The SMILES string of the molecule is NC(=O)c1cc(Cl)ccc1NC(=O)c1cccc(OCc2ccccc2)c1. The van der Waals surface area contributed by atoms with Gasteiger partial charge in [-0.25, -0.2) is 0 Å². The van der Waals surface area contributed by atoms with Crippen molar-refractivity contribution in [2.45, 2.75) is 6.61 Å². The molecule has 27 heavy (non-hydrogen) atoms. The molecule has 136 valence electrons. The molecule has 0 fully saturated rings. The van der Waals surface area contributed by atoms with Gasteiger partial charge in [0.1, 0.15) is 12.4 Å². The number of rotatable bonds is 6. The Morgan fingerprint density at radius 2 is 1.74 bits per heavy atom. The maximum Gasteiger partial charge on any atom is 0.255 e. The molecule has 3 aromatic rings. The third kappa shape index (κ3) is 4.86. The molecule has 0 aliphatic rings. The van der Waals surface area contributed by atoms with Gasteiger partial charge in [0.25, 0.3) is 11.8 Å². The molecule has 0 aliphatic heterocycles. The Kier molecular flexibility index (Phi) is 5.74. The van der Waals surface area contributed by atoms with Gasteiger partial charge in [-0.05, 0) is 42.0 Å². The maximum atomic E-state index is 12.5. The minimum Gasteiger partial charge on any atom is -0.489 e. The summed E-state index contributed by atoms with van der Waals surface area (Å²) in [6.45, 7) is 0.398. The first kappa shape index (κ1) is 18.5. The van der Waals surface area contributed by atoms with Crippen molar-refractivity contribution in [3.8, 4) is 5.75 Å². The van der Waals surface area contributed by atoms with Crippen LogP contribution in [0.25, 0.3) is 0 Å². The number of nitrogens with one attached hydrogen (secondary N) is 1. The average Bonchev–Trinajstić information content (AvgIpc) is 2.68. The van der Waals surface area contributed by atoms with Gasteiger partial charge in [-0.15, -0.1) is 0 Å². The molecule has 0 saturated carbocycles. The van der Waals surface area contributed by atoms with Crippen molar-refractivity contribution < 1.29 is 14.3 Å². The van der Waals surface area contributed by atoms with Gasteiger partial charge in [0.2, 0.25) is 0 Å². The highest BCUT2D eigenvalue weighted by Crippen LogP contribution is 2.22. The van der Waals surface area contributed by atoms with Crippen LogP contribution in [-0.2, 0) is 6.61 Å². The first-order valence-electron chi connectivity index (χ1n) is 8.20. The van der Waals surface area contributed by atoms with Crippen molar-refractivity contribution in [3.05, 3.63) is 94.5 Å². The Labute approximate surface area is 161 Å². The Hall–Kier alpha value is -3.31. The number of carbonyl (C=O) groups excluding carboxylic acids is 2. The Bertz CT molecular complexity index is 974. The third-order valence-electron chi connectivity index (χ3n) is 3.84. The molecule has 0 radical (unpaired) electrons. The van der Waals surface area contributed by atoms with Crippen LogP contribution in [0.1, 0.15) is 26.3 Å². The van der Waals surface area contributed by atoms with Crippen molar-refractivity contribution in [2.24, 2.45) is 5.73 Å². The van der Waals surface area contributed by atoms with Crippen LogP contribution >= 0.6 is 11.6 Å². The average molecular weight is 381 g/mol. The number of nitrogens with two attached hydrogens (primary N) is 1. The van der Waals surface area contributed by atoms with Gasteiger partial charge in [-0.3, -0.25) is 9.59 Å². The van der Waals surface area contributed by atoms with E-state index >= 15 is 0 Å². The zero-order valence-electron chi connectivity index (χ0n) is 14.3. The summed E-state index contributed by atoms with van der Waals surface area (Å²) in [5.41, 5.74) is 7.21. The standard InChI is InChI=1S/C21H17ClN2O3/c22-16-9-10-19(18(12-16)20(23)25)24-21(26)15-7-4-8-17(11-15)27-13-14-5-2-1-3-6-14/h1-12H,13H2,(H2,23,25)(H,24,26). The minimum absolute atomic E-state index is 0.146. The lowest BCUT2D eigenvalue weighted by molar-refractivity contribution is 0.100. The summed E-state index contributed by atoms with van der Waals surface area (Å²) in [5, 5.41) is 3.04. The van der Waals surface area contributed by atoms with Gasteiger partial charge < -0.3 is 15.8 Å². The van der Waals surface area contributed by atoms with Crippen LogP contribution in [-0.4, -0.2) is 11.8 Å². The number of amides is 2. The number of halogens is 1. The smallest absolute Gasteiger partial charge is 0.255 e. The second kappa shape index (κ2) is 8.38. The van der Waals surface area contributed by atoms with E-state index < -0.39 is 5.91 Å². The van der Waals surface area contributed by atoms with Crippen LogP contribution in [0.15, 0.2) is 72.8 Å². The van der Waals surface area contributed by atoms with E-state index in [2.05, 4.69) is 5.32 Å². The molecule has 0 atom stereocenters. The largest absolute Gasteiger partial charge is 0.489 e. The van der Waals surface area contributed by atoms with Crippen molar-refractivity contribution in [1.82, 2.24) is 0 Å². The second-order valence-corrected chi connectivity index (χ2v) is 6.25. The van der Waals surface area contributed by atoms with Crippen molar-refractivity contribution in [2.75, 3.05) is 5.32 Å². The summed E-state index contributed by atoms with van der Waals surface area (Å²) >= 11 is 5.88. The highest BCUT2D eigenvalue weighted by molar-refractivity contribution is 6.31. The molecule has 0 spiro atoms. The first-order valence-corrected chi connectivity index (χ1v) is 8.58. The van der Waals surface area contributed by atoms with E-state index in [1.165, 1.54) is 12.1 Å². The van der Waals surface area contributed by atoms with Gasteiger partial charge in [-0.1, -0.05) is 48.0 Å². The monoisotopic (exact) mass is 380 g/mol. The topological polar surface area (TPSA) is 81.4 Å². The van der Waals surface area contributed by atoms with E-state index in [4.69, 9.17) is 22.1 Å². The predicted molar refractivity (Wildman–Crippen MR) is 105 cm³/mol. The number of primary amides is 1. The zero-order valence-corrected chi connectivity index (χ0v) is 15.1. The van der Waals surface area contributed by atoms with Crippen LogP contribution in [0.2, 0.25) is 5.02 Å². The molecular formula is C21H17ClN2O3. The summed E-state index contributed by atoms with van der Waals surface area (Å²) in [6.07, 6.45) is 0. The lowest BCUT2D eigenvalue weighted by atomic mass is 10.1. The van der Waals surface area contributed by atoms with E-state index in [0.29, 0.717) is 28.6 Å². The fourth-order valence-corrected chi connectivity index (χ4v) is 2.66. The maximum absolute atomic E-state index is 12.5. The Morgan fingerprint density at radius 3 is 2.48 bits per heavy atom. The number of hydrogen-bond acceptors (Lipinski definition) is 3. The molecule has 3 N–H and O–H groups in total. The Balaban J connectivity index is 1.73. The van der Waals surface area contributed by atoms with E-state index in [9.17, 15) is 9.59 Å². The summed E-state index contributed by atoms with van der Waals surface area (Å²) in [7, 11) is 0. The molecule has 3 rings (SSSR count). The summed E-state index contributed by atoms with van der Waals surface area (Å²) in [6, 6.07) is 21.1. The number of benzene rings is 3. The Morgan fingerprint density at radius 1 is 0.963 bits per heavy atom. The van der Waals surface area contributed by atoms with E-state index in [1.807, 2.05) is 30.3 Å². The van der Waals surface area contributed by atoms with Crippen molar-refractivity contribution >= 4 is 29.1 Å². The number of carbonyl (C=O) groups is 2. The van der Waals surface area contributed by atoms with Gasteiger partial charge in [0.15, 0.2) is 0 Å². The predicted octanol–water partition coefficient (Wildman–Crippen LogP) is 4.27. The highest BCUT2D eigenvalue weighted by Gasteiger charge is 2.13. The number of anilines is 1. The third-order valence-corrected chi connectivity index (χ3v) is 4.07. The normalized spacial score (nSPS) is 10.3. The molecule has 2 amide bonds. The summed E-state index contributed by atoms with van der Waals surface area (Å²) < 4.78 is 5.74. The number of ether oxygens (including phenoxy) is 1. The van der Waals surface area contributed by atoms with Crippen LogP contribution in [0.5, 0.6) is 5.75 Å². The molecule has 0 aliphatic carbocycles. The quantitative estimate of drug-likeness (QED) is 0.670. The fraction of sp³-hybridized carbons (Fsp3) is 0.0476. The summed E-state index contributed by atoms with van der Waals surface area (Å²) in [4.78, 5) is 24.1. The molecule has 0 unspecified atom stereocenters. The summed E-state index contributed by atoms with van der Waals surface area (Å²) in [5.74, 6) is -0.490. The van der Waals surface area contributed by atoms with Crippen LogP contribution in [0, 0.1) is 0 Å². The van der Waals surface area contributed by atoms with E-state index in [1.54, 1.807) is 30.3 Å². The van der Waals surface area contributed by atoms with Crippen LogP contribution in [0.3, 0.4) is 0 Å². The van der Waals surface area contributed by atoms with E-state index in [0.717, 1.165) is 5.56 Å². The zero-order chi connectivity index (χ0) is 19.2. The second-order valence-electron chi connectivity index (χ2n) is 5.81. The molecule has 0 heterocycles. The van der Waals surface area contributed by atoms with Gasteiger partial charge in [0, 0.05) is 10.6 Å². The molecule has 0 bridgehead atoms. The van der Waals surface area contributed by atoms with Gasteiger partial charge >= 0.3 is 0 Å². The molecule has 6 heteroatoms. The molecular weight excluding hydrogens is 364 g/mol. The molecule has 3 aromatic carbocycles. The fourth-order valence-electron chi connectivity index (χ4n) is 2.49. The van der Waals surface area contributed by atoms with Gasteiger partial charge in [-0.2, -0.15) is 0 Å². The van der Waals surface area contributed by atoms with Crippen LogP contribution in [0.4, 0.5) is 5.69 Å². The molecule has 0 saturated heterocycles. The molecule has 5 nitrogen and oxygen atoms in total. The van der Waals surface area contributed by atoms with Gasteiger partial charge in [0.05, 0.1) is 11.3 Å². The highest BCUT2D eigenvalue weighted by atomic mass is 35.5. The van der Waals surface area contributed by atoms with Crippen molar-refractivity contribution in [3.63, 3.8) is 0 Å². The lowest BCUT2D eigenvalue weighted by Crippen LogP contribution is -2.18. The van der Waals surface area contributed by atoms with Crippen LogP contribution < -0.4 is 15.8 Å². The molecule has 0 aromatic heterocycles. The van der Waals surface area contributed by atoms with E-state index in [-0.39, 0.29) is 11.5 Å². The number of hydrogen-bond donors (Lipinski definition) is 2. The first-order chi connectivity index (χ1) is 13.0. The minimum atomic E-state index is -0.673. The van der Waals surface area contributed by atoms with Crippen molar-refractivity contribution in [1.29, 1.82) is 0 Å². The lowest BCUT2D eigenvalue weighted by Gasteiger charge is -2.11.